The van der Waals surface area contributed by atoms with Crippen molar-refractivity contribution >= 4 is 98.3 Å². The van der Waals surface area contributed by atoms with Gasteiger partial charge in [-0.2, -0.15) is 36.5 Å². The summed E-state index contributed by atoms with van der Waals surface area (Å²) >= 11 is 25.4. The lowest BCUT2D eigenvalue weighted by Gasteiger charge is -2.16. The predicted molar refractivity (Wildman–Crippen MR) is 255 cm³/mol. The molecule has 4 heterocycles. The number of nitrogens with one attached hydrogen (secondary N) is 4. The molecule has 0 fully saturated rings. The Labute approximate surface area is 423 Å². The largest absolute Gasteiger partial charge is 0.435 e. The molecule has 0 spiro atoms. The van der Waals surface area contributed by atoms with E-state index >= 15 is 0 Å². The van der Waals surface area contributed by atoms with Crippen LogP contribution in [0.2, 0.25) is 20.1 Å². The van der Waals surface area contributed by atoms with Crippen molar-refractivity contribution in [1.29, 1.82) is 0 Å². The van der Waals surface area contributed by atoms with E-state index in [1.807, 2.05) is 0 Å². The van der Waals surface area contributed by atoms with Gasteiger partial charge in [-0.15, -0.1) is 0 Å². The zero-order valence-corrected chi connectivity index (χ0v) is 41.2. The van der Waals surface area contributed by atoms with Gasteiger partial charge in [0.2, 0.25) is 0 Å². The third-order valence-electron chi connectivity index (χ3n) is 9.39. The zero-order valence-electron chi connectivity index (χ0n) is 37.4. The number of aliphatic hydroxyl groups is 1. The standard InChI is InChI=1S/C23H20Cl2F3N5O3S.C21H18Cl2F3N5O3/c1-11-7-14(24)8-15(21(35)30-10-12(2)37-13(3)34)19(11)31-22(36)17-9-18(23(26,27)28)32-33(17)20-16(25)5-4-6-29-20;1-10-6-12(22)7-13(19(33)28-9-11(2)32)17(10)29-20(34)15-8-16(21(24,25)26)30-31(15)18-14(23)4-3-5-27-18/h4-9,12H,10H2,1-3H3,(H,30,35)(H,31,36);3-8,11,32H,9H2,1-2H3,(H,28,33)(H,29,34). The number of thioether (sulfide) groups is 1. The van der Waals surface area contributed by atoms with Crippen LogP contribution in [0.15, 0.2) is 73.1 Å². The minimum absolute atomic E-state index is 0.0173. The number of rotatable bonds is 13. The van der Waals surface area contributed by atoms with Gasteiger partial charge in [0.25, 0.3) is 23.6 Å². The average Bonchev–Trinajstić information content (AvgIpc) is 3.94. The maximum atomic E-state index is 13.4. The minimum Gasteiger partial charge on any atom is -0.392 e. The maximum absolute atomic E-state index is 13.4. The molecule has 2 atom stereocenters. The summed E-state index contributed by atoms with van der Waals surface area (Å²) in [5, 5.41) is 26.5. The molecule has 0 saturated heterocycles. The number of anilines is 2. The molecule has 4 aromatic heterocycles. The summed E-state index contributed by atoms with van der Waals surface area (Å²) in [6.45, 7) is 7.82. The molecular weight excluding hydrogens is 1050 g/mol. The Kier molecular flexibility index (Phi) is 18.3. The fourth-order valence-electron chi connectivity index (χ4n) is 6.28. The lowest BCUT2D eigenvalue weighted by molar-refractivity contribution is -0.142. The first kappa shape index (κ1) is 55.7. The SMILES string of the molecule is CC(=O)SC(C)CNC(=O)c1cc(Cl)cc(C)c1NC(=O)c1cc(C(F)(F)F)nn1-c1ncccc1Cl.Cc1cc(Cl)cc(C(=O)NCC(C)O)c1NC(=O)c1cc(C(F)(F)F)nn1-c1ncccc1Cl. The van der Waals surface area contributed by atoms with Crippen LogP contribution in [-0.2, 0) is 17.1 Å². The lowest BCUT2D eigenvalue weighted by Crippen LogP contribution is -2.31. The Hall–Kier alpha value is -6.24. The summed E-state index contributed by atoms with van der Waals surface area (Å²) in [6, 6.07) is 12.4. The van der Waals surface area contributed by atoms with Crippen LogP contribution in [0, 0.1) is 13.8 Å². The zero-order chi connectivity index (χ0) is 52.7. The van der Waals surface area contributed by atoms with Crippen molar-refractivity contribution in [2.24, 2.45) is 0 Å². The molecule has 27 heteroatoms. The Morgan fingerprint density at radius 1 is 0.648 bits per heavy atom. The van der Waals surface area contributed by atoms with Crippen molar-refractivity contribution in [1.82, 2.24) is 40.2 Å². The molecule has 4 amide bonds. The van der Waals surface area contributed by atoms with Crippen LogP contribution < -0.4 is 21.3 Å². The highest BCUT2D eigenvalue weighted by atomic mass is 35.5. The Morgan fingerprint density at radius 3 is 1.39 bits per heavy atom. The normalized spacial score (nSPS) is 12.3. The third-order valence-corrected chi connectivity index (χ3v) is 11.3. The lowest BCUT2D eigenvalue weighted by atomic mass is 10.1. The van der Waals surface area contributed by atoms with Crippen LogP contribution in [0.4, 0.5) is 37.7 Å². The van der Waals surface area contributed by atoms with Gasteiger partial charge in [-0.1, -0.05) is 65.1 Å². The Balaban J connectivity index is 0.000000265. The van der Waals surface area contributed by atoms with Crippen molar-refractivity contribution in [3.8, 4) is 11.6 Å². The van der Waals surface area contributed by atoms with Crippen LogP contribution in [0.25, 0.3) is 11.6 Å². The second kappa shape index (κ2) is 23.3. The van der Waals surface area contributed by atoms with E-state index in [2.05, 4.69) is 41.4 Å². The molecule has 6 aromatic rings. The van der Waals surface area contributed by atoms with E-state index in [9.17, 15) is 55.4 Å². The van der Waals surface area contributed by atoms with Crippen molar-refractivity contribution in [3.63, 3.8) is 0 Å². The molecule has 6 rings (SSSR count). The summed E-state index contributed by atoms with van der Waals surface area (Å²) in [5.41, 5.74) is -2.94. The highest BCUT2D eigenvalue weighted by Gasteiger charge is 2.38. The first-order valence-corrected chi connectivity index (χ1v) is 22.8. The number of amides is 4. The number of nitrogens with zero attached hydrogens (tertiary/aromatic N) is 6. The van der Waals surface area contributed by atoms with Gasteiger partial charge in [-0.05, 0) is 80.4 Å². The molecule has 2 unspecified atom stereocenters. The second-order valence-electron chi connectivity index (χ2n) is 15.2. The van der Waals surface area contributed by atoms with Crippen molar-refractivity contribution in [2.45, 2.75) is 58.3 Å². The van der Waals surface area contributed by atoms with E-state index < -0.39 is 64.9 Å². The molecule has 376 valence electrons. The predicted octanol–water partition coefficient (Wildman–Crippen LogP) is 9.82. The number of benzene rings is 2. The molecule has 2 aromatic carbocycles. The number of pyridine rings is 2. The molecule has 0 radical (unpaired) electrons. The van der Waals surface area contributed by atoms with Crippen LogP contribution >= 0.6 is 58.2 Å². The third kappa shape index (κ3) is 14.4. The summed E-state index contributed by atoms with van der Waals surface area (Å²) < 4.78 is 81.8. The second-order valence-corrected chi connectivity index (χ2v) is 18.5. The Bertz CT molecular complexity index is 3010. The van der Waals surface area contributed by atoms with Gasteiger partial charge < -0.3 is 26.4 Å². The summed E-state index contributed by atoms with van der Waals surface area (Å²) in [6.07, 6.45) is -7.96. The topological polar surface area (TPSA) is 215 Å². The molecule has 5 N–H and O–H groups in total. The molecule has 0 aliphatic carbocycles. The molecular formula is C44H38Cl4F6N10O6S. The van der Waals surface area contributed by atoms with Crippen LogP contribution in [0.5, 0.6) is 0 Å². The minimum atomic E-state index is -4.85. The number of aryl methyl sites for hydroxylation is 2. The van der Waals surface area contributed by atoms with E-state index in [0.29, 0.717) is 32.6 Å². The fraction of sp³-hybridized carbons (Fsp3) is 0.250. The molecule has 0 aliphatic rings. The molecule has 16 nitrogen and oxygen atoms in total. The quantitative estimate of drug-likeness (QED) is 0.0686. The molecule has 71 heavy (non-hydrogen) atoms. The molecule has 0 aliphatic heterocycles. The number of hydrogen-bond acceptors (Lipinski definition) is 11. The van der Waals surface area contributed by atoms with Crippen LogP contribution in [0.1, 0.15) is 85.0 Å². The molecule has 0 bridgehead atoms. The number of alkyl halides is 6. The highest BCUT2D eigenvalue weighted by Crippen LogP contribution is 2.34. The van der Waals surface area contributed by atoms with Crippen molar-refractivity contribution < 1.29 is 55.4 Å². The number of hydrogen-bond donors (Lipinski definition) is 5. The van der Waals surface area contributed by atoms with Gasteiger partial charge >= 0.3 is 12.4 Å². The number of carbonyl (C=O) groups is 5. The van der Waals surface area contributed by atoms with Gasteiger partial charge in [0.15, 0.2) is 28.1 Å². The summed E-state index contributed by atoms with van der Waals surface area (Å²) in [5.74, 6) is -3.63. The van der Waals surface area contributed by atoms with Gasteiger partial charge in [-0.25, -0.2) is 19.3 Å². The maximum Gasteiger partial charge on any atom is 0.435 e. The van der Waals surface area contributed by atoms with Gasteiger partial charge in [0.1, 0.15) is 11.4 Å². The monoisotopic (exact) mass is 1090 g/mol. The van der Waals surface area contributed by atoms with Crippen molar-refractivity contribution in [2.75, 3.05) is 23.7 Å². The smallest absolute Gasteiger partial charge is 0.392 e. The first-order chi connectivity index (χ1) is 33.2. The van der Waals surface area contributed by atoms with Gasteiger partial charge in [0, 0.05) is 59.8 Å². The molecule has 0 saturated carbocycles. The van der Waals surface area contributed by atoms with E-state index in [0.717, 1.165) is 11.8 Å². The van der Waals surface area contributed by atoms with E-state index in [1.165, 1.54) is 74.8 Å². The van der Waals surface area contributed by atoms with Crippen LogP contribution in [0.3, 0.4) is 0 Å². The summed E-state index contributed by atoms with van der Waals surface area (Å²) in [4.78, 5) is 71.1. The van der Waals surface area contributed by atoms with E-state index in [4.69, 9.17) is 46.4 Å². The van der Waals surface area contributed by atoms with Gasteiger partial charge in [0.05, 0.1) is 38.7 Å². The van der Waals surface area contributed by atoms with E-state index in [1.54, 1.807) is 20.8 Å². The first-order valence-electron chi connectivity index (χ1n) is 20.4. The fourth-order valence-corrected chi connectivity index (χ4v) is 7.96. The number of halogens is 10. The highest BCUT2D eigenvalue weighted by molar-refractivity contribution is 8.14. The van der Waals surface area contributed by atoms with E-state index in [-0.39, 0.29) is 77.7 Å². The van der Waals surface area contributed by atoms with Crippen molar-refractivity contribution in [3.05, 3.63) is 138 Å². The van der Waals surface area contributed by atoms with Gasteiger partial charge in [-0.3, -0.25) is 24.0 Å². The number of carbonyl (C=O) groups excluding carboxylic acids is 5. The Morgan fingerprint density at radius 2 is 1.04 bits per heavy atom. The average molecular weight is 1090 g/mol. The number of aromatic nitrogens is 6. The summed E-state index contributed by atoms with van der Waals surface area (Å²) in [7, 11) is 0. The number of aliphatic hydroxyl groups excluding tert-OH is 1. The van der Waals surface area contributed by atoms with Crippen LogP contribution in [-0.4, -0.2) is 87.8 Å².